The maximum absolute atomic E-state index is 14.0. The number of aryl methyl sites for hydroxylation is 1. The zero-order valence-electron chi connectivity index (χ0n) is 13.7. The molecule has 22 heavy (non-hydrogen) atoms. The average molecular weight is 309 g/mol. The van der Waals surface area contributed by atoms with Crippen LogP contribution in [0.25, 0.3) is 0 Å². The molecule has 1 heterocycles. The van der Waals surface area contributed by atoms with Gasteiger partial charge in [0.05, 0.1) is 5.60 Å². The van der Waals surface area contributed by atoms with Crippen molar-refractivity contribution >= 4 is 0 Å². The van der Waals surface area contributed by atoms with Gasteiger partial charge in [0.15, 0.2) is 0 Å². The van der Waals surface area contributed by atoms with Gasteiger partial charge in [0.25, 0.3) is 0 Å². The molecule has 3 nitrogen and oxygen atoms in total. The fraction of sp³-hybridized carbons (Fsp3) is 0.667. The SMILES string of the molecule is COCCCCC(O)(c1ccc(C)c(F)c1)C1CCCNC1. The van der Waals surface area contributed by atoms with E-state index in [0.717, 1.165) is 38.8 Å². The molecule has 0 amide bonds. The highest BCUT2D eigenvalue weighted by molar-refractivity contribution is 5.29. The summed E-state index contributed by atoms with van der Waals surface area (Å²) < 4.78 is 19.1. The van der Waals surface area contributed by atoms with Crippen LogP contribution in [0.15, 0.2) is 18.2 Å². The number of hydrogen-bond acceptors (Lipinski definition) is 3. The molecule has 2 unspecified atom stereocenters. The van der Waals surface area contributed by atoms with Crippen LogP contribution < -0.4 is 5.32 Å². The molecule has 0 aliphatic carbocycles. The molecular formula is C18H28FNO2. The second-order valence-corrected chi connectivity index (χ2v) is 6.38. The molecule has 2 rings (SSSR count). The standard InChI is InChI=1S/C18H28FNO2/c1-14-7-8-15(12-17(14)19)18(21,9-3-4-11-22-2)16-6-5-10-20-13-16/h7-8,12,16,20-21H,3-6,9-11,13H2,1-2H3. The molecule has 2 atom stereocenters. The van der Waals surface area contributed by atoms with E-state index < -0.39 is 5.60 Å². The van der Waals surface area contributed by atoms with Crippen LogP contribution in [0.2, 0.25) is 0 Å². The minimum Gasteiger partial charge on any atom is -0.385 e. The van der Waals surface area contributed by atoms with Gasteiger partial charge in [-0.15, -0.1) is 0 Å². The predicted octanol–water partition coefficient (Wildman–Crippen LogP) is 3.14. The number of ether oxygens (including phenoxy) is 1. The van der Waals surface area contributed by atoms with Crippen molar-refractivity contribution in [3.8, 4) is 0 Å². The largest absolute Gasteiger partial charge is 0.385 e. The summed E-state index contributed by atoms with van der Waals surface area (Å²) in [6.45, 7) is 4.23. The first-order valence-electron chi connectivity index (χ1n) is 8.26. The summed E-state index contributed by atoms with van der Waals surface area (Å²) in [6, 6.07) is 5.16. The minimum atomic E-state index is -0.963. The molecule has 1 aromatic carbocycles. The normalized spacial score (nSPS) is 21.5. The monoisotopic (exact) mass is 309 g/mol. The maximum Gasteiger partial charge on any atom is 0.126 e. The van der Waals surface area contributed by atoms with Crippen LogP contribution in [0.4, 0.5) is 4.39 Å². The van der Waals surface area contributed by atoms with Gasteiger partial charge in [-0.1, -0.05) is 12.1 Å². The molecule has 0 spiro atoms. The van der Waals surface area contributed by atoms with Crippen molar-refractivity contribution < 1.29 is 14.2 Å². The van der Waals surface area contributed by atoms with Crippen LogP contribution in [0.1, 0.15) is 43.2 Å². The summed E-state index contributed by atoms with van der Waals surface area (Å²) >= 11 is 0. The first-order valence-corrected chi connectivity index (χ1v) is 8.26. The van der Waals surface area contributed by atoms with Crippen LogP contribution in [0, 0.1) is 18.7 Å². The van der Waals surface area contributed by atoms with Gasteiger partial charge >= 0.3 is 0 Å². The zero-order valence-corrected chi connectivity index (χ0v) is 13.7. The Balaban J connectivity index is 2.20. The Morgan fingerprint density at radius 3 is 2.86 bits per heavy atom. The number of aliphatic hydroxyl groups is 1. The number of nitrogens with one attached hydrogen (secondary N) is 1. The fourth-order valence-electron chi connectivity index (χ4n) is 3.35. The summed E-state index contributed by atoms with van der Waals surface area (Å²) in [7, 11) is 1.69. The Morgan fingerprint density at radius 2 is 2.23 bits per heavy atom. The molecule has 1 aromatic rings. The smallest absolute Gasteiger partial charge is 0.126 e. The number of hydrogen-bond donors (Lipinski definition) is 2. The molecule has 4 heteroatoms. The highest BCUT2D eigenvalue weighted by atomic mass is 19.1. The van der Waals surface area contributed by atoms with Crippen molar-refractivity contribution in [2.45, 2.75) is 44.6 Å². The van der Waals surface area contributed by atoms with E-state index in [1.54, 1.807) is 20.1 Å². The highest BCUT2D eigenvalue weighted by Gasteiger charge is 2.38. The van der Waals surface area contributed by atoms with Crippen LogP contribution in [0.3, 0.4) is 0 Å². The fourth-order valence-corrected chi connectivity index (χ4v) is 3.35. The van der Waals surface area contributed by atoms with Gasteiger partial charge in [-0.2, -0.15) is 0 Å². The quantitative estimate of drug-likeness (QED) is 0.760. The summed E-state index contributed by atoms with van der Waals surface area (Å²) in [6.07, 6.45) is 4.46. The lowest BCUT2D eigenvalue weighted by molar-refractivity contribution is -0.0436. The Bertz CT molecular complexity index is 474. The lowest BCUT2D eigenvalue weighted by Gasteiger charge is -2.39. The van der Waals surface area contributed by atoms with Crippen LogP contribution in [0.5, 0.6) is 0 Å². The minimum absolute atomic E-state index is 0.130. The Morgan fingerprint density at radius 1 is 1.41 bits per heavy atom. The van der Waals surface area contributed by atoms with Crippen molar-refractivity contribution in [1.82, 2.24) is 5.32 Å². The van der Waals surface area contributed by atoms with E-state index in [2.05, 4.69) is 5.32 Å². The van der Waals surface area contributed by atoms with Gasteiger partial charge in [-0.25, -0.2) is 4.39 Å². The van der Waals surface area contributed by atoms with Crippen LogP contribution in [-0.4, -0.2) is 31.9 Å². The van der Waals surface area contributed by atoms with Gasteiger partial charge in [0.2, 0.25) is 0 Å². The third-order valence-corrected chi connectivity index (χ3v) is 4.80. The molecule has 1 saturated heterocycles. The highest BCUT2D eigenvalue weighted by Crippen LogP contribution is 2.38. The Labute approximate surface area is 132 Å². The molecule has 0 radical (unpaired) electrons. The third-order valence-electron chi connectivity index (χ3n) is 4.80. The van der Waals surface area contributed by atoms with E-state index >= 15 is 0 Å². The molecule has 0 aromatic heterocycles. The van der Waals surface area contributed by atoms with E-state index in [1.165, 1.54) is 6.07 Å². The number of rotatable bonds is 7. The van der Waals surface area contributed by atoms with E-state index in [-0.39, 0.29) is 11.7 Å². The second-order valence-electron chi connectivity index (χ2n) is 6.38. The van der Waals surface area contributed by atoms with E-state index in [0.29, 0.717) is 24.2 Å². The van der Waals surface area contributed by atoms with E-state index in [9.17, 15) is 9.50 Å². The van der Waals surface area contributed by atoms with Crippen molar-refractivity contribution in [3.63, 3.8) is 0 Å². The van der Waals surface area contributed by atoms with Crippen LogP contribution in [-0.2, 0) is 10.3 Å². The summed E-state index contributed by atoms with van der Waals surface area (Å²) in [5.41, 5.74) is 0.365. The molecule has 0 saturated carbocycles. The lowest BCUT2D eigenvalue weighted by atomic mass is 9.74. The van der Waals surface area contributed by atoms with Gasteiger partial charge < -0.3 is 15.2 Å². The van der Waals surface area contributed by atoms with Crippen molar-refractivity contribution in [3.05, 3.63) is 35.1 Å². The average Bonchev–Trinajstić information content (AvgIpc) is 2.55. The van der Waals surface area contributed by atoms with Gasteiger partial charge in [0, 0.05) is 26.2 Å². The number of piperidine rings is 1. The first kappa shape index (κ1) is 17.4. The van der Waals surface area contributed by atoms with Gasteiger partial charge in [0.1, 0.15) is 5.82 Å². The molecule has 124 valence electrons. The molecular weight excluding hydrogens is 281 g/mol. The lowest BCUT2D eigenvalue weighted by Crippen LogP contribution is -2.44. The summed E-state index contributed by atoms with van der Waals surface area (Å²) in [4.78, 5) is 0. The molecule has 1 aliphatic heterocycles. The molecule has 2 N–H and O–H groups in total. The van der Waals surface area contributed by atoms with Crippen molar-refractivity contribution in [1.29, 1.82) is 0 Å². The van der Waals surface area contributed by atoms with Gasteiger partial charge in [-0.3, -0.25) is 0 Å². The summed E-state index contributed by atoms with van der Waals surface area (Å²) in [5.74, 6) is -0.109. The predicted molar refractivity (Wildman–Crippen MR) is 86.4 cm³/mol. The topological polar surface area (TPSA) is 41.5 Å². The van der Waals surface area contributed by atoms with Crippen molar-refractivity contribution in [2.75, 3.05) is 26.8 Å². The number of unbranched alkanes of at least 4 members (excludes halogenated alkanes) is 1. The van der Waals surface area contributed by atoms with Crippen LogP contribution >= 0.6 is 0 Å². The van der Waals surface area contributed by atoms with Crippen molar-refractivity contribution in [2.24, 2.45) is 5.92 Å². The molecule has 1 aliphatic rings. The second kappa shape index (κ2) is 8.04. The van der Waals surface area contributed by atoms with E-state index in [1.807, 2.05) is 6.07 Å². The molecule has 1 fully saturated rings. The first-order chi connectivity index (χ1) is 10.6. The van der Waals surface area contributed by atoms with Gasteiger partial charge in [-0.05, 0) is 62.8 Å². The zero-order chi connectivity index (χ0) is 16.0. The Kier molecular flexibility index (Phi) is 6.36. The number of benzene rings is 1. The molecule has 0 bridgehead atoms. The number of halogens is 1. The third kappa shape index (κ3) is 4.06. The number of methoxy groups -OCH3 is 1. The van der Waals surface area contributed by atoms with E-state index in [4.69, 9.17) is 4.74 Å². The summed E-state index contributed by atoms with van der Waals surface area (Å²) in [5, 5.41) is 14.7. The maximum atomic E-state index is 14.0. The Hall–Kier alpha value is -0.970.